The van der Waals surface area contributed by atoms with Crippen molar-refractivity contribution in [3.05, 3.63) is 11.6 Å². The molecule has 76 valence electrons. The summed E-state index contributed by atoms with van der Waals surface area (Å²) in [5.74, 6) is 0.504. The standard InChI is InChI=1S/C11H20O2/c1-10(7-8-12)5-4-6-11(2)9-13-3/h6,8,10H,4-5,7,9H2,1-3H3/b11-6-. The van der Waals surface area contributed by atoms with E-state index in [0.717, 1.165) is 19.1 Å². The van der Waals surface area contributed by atoms with E-state index in [9.17, 15) is 4.79 Å². The van der Waals surface area contributed by atoms with Gasteiger partial charge in [-0.15, -0.1) is 0 Å². The monoisotopic (exact) mass is 184 g/mol. The molecule has 2 nitrogen and oxygen atoms in total. The summed E-state index contributed by atoms with van der Waals surface area (Å²) in [4.78, 5) is 10.2. The van der Waals surface area contributed by atoms with Crippen LogP contribution in [0.5, 0.6) is 0 Å². The number of hydrogen-bond acceptors (Lipinski definition) is 2. The van der Waals surface area contributed by atoms with E-state index in [-0.39, 0.29) is 0 Å². The molecule has 0 saturated carbocycles. The minimum Gasteiger partial charge on any atom is -0.380 e. The van der Waals surface area contributed by atoms with E-state index >= 15 is 0 Å². The average molecular weight is 184 g/mol. The van der Waals surface area contributed by atoms with Gasteiger partial charge in [0.05, 0.1) is 6.61 Å². The molecule has 0 bridgehead atoms. The van der Waals surface area contributed by atoms with E-state index in [1.54, 1.807) is 7.11 Å². The largest absolute Gasteiger partial charge is 0.380 e. The smallest absolute Gasteiger partial charge is 0.120 e. The Kier molecular flexibility index (Phi) is 7.60. The molecule has 0 aliphatic heterocycles. The van der Waals surface area contributed by atoms with Crippen LogP contribution < -0.4 is 0 Å². The Hall–Kier alpha value is -0.630. The SMILES string of the molecule is COC/C(C)=C\CCC(C)CC=O. The predicted molar refractivity (Wildman–Crippen MR) is 54.7 cm³/mol. The molecule has 0 radical (unpaired) electrons. The summed E-state index contributed by atoms with van der Waals surface area (Å²) < 4.78 is 4.98. The van der Waals surface area contributed by atoms with Crippen LogP contribution in [-0.2, 0) is 9.53 Å². The molecular weight excluding hydrogens is 164 g/mol. The number of methoxy groups -OCH3 is 1. The molecular formula is C11H20O2. The lowest BCUT2D eigenvalue weighted by Crippen LogP contribution is -1.95. The van der Waals surface area contributed by atoms with Crippen molar-refractivity contribution in [3.63, 3.8) is 0 Å². The number of carbonyl (C=O) groups excluding carboxylic acids is 1. The molecule has 0 N–H and O–H groups in total. The number of carbonyl (C=O) groups is 1. The van der Waals surface area contributed by atoms with E-state index in [0.29, 0.717) is 18.9 Å². The minimum absolute atomic E-state index is 0.504. The first-order valence-electron chi connectivity index (χ1n) is 4.79. The number of aldehydes is 1. The molecule has 0 heterocycles. The lowest BCUT2D eigenvalue weighted by Gasteiger charge is -2.05. The molecule has 1 unspecified atom stereocenters. The first-order chi connectivity index (χ1) is 6.20. The maximum Gasteiger partial charge on any atom is 0.120 e. The van der Waals surface area contributed by atoms with Crippen molar-refractivity contribution in [1.82, 2.24) is 0 Å². The summed E-state index contributed by atoms with van der Waals surface area (Å²) in [5.41, 5.74) is 1.26. The molecule has 0 aliphatic carbocycles. The Labute approximate surface area is 81.0 Å². The average Bonchev–Trinajstić information content (AvgIpc) is 2.05. The van der Waals surface area contributed by atoms with E-state index in [1.165, 1.54) is 5.57 Å². The molecule has 13 heavy (non-hydrogen) atoms. The minimum atomic E-state index is 0.504. The molecule has 0 saturated heterocycles. The summed E-state index contributed by atoms with van der Waals surface area (Å²) in [6, 6.07) is 0. The Morgan fingerprint density at radius 2 is 2.23 bits per heavy atom. The number of rotatable bonds is 7. The zero-order valence-corrected chi connectivity index (χ0v) is 8.88. The van der Waals surface area contributed by atoms with E-state index in [2.05, 4.69) is 19.9 Å². The second-order valence-corrected chi connectivity index (χ2v) is 3.57. The van der Waals surface area contributed by atoms with E-state index < -0.39 is 0 Å². The van der Waals surface area contributed by atoms with Crippen LogP contribution in [0, 0.1) is 5.92 Å². The van der Waals surface area contributed by atoms with Crippen LogP contribution in [0.3, 0.4) is 0 Å². The van der Waals surface area contributed by atoms with Crippen LogP contribution in [0.2, 0.25) is 0 Å². The third-order valence-electron chi connectivity index (χ3n) is 2.02. The molecule has 2 heteroatoms. The van der Waals surface area contributed by atoms with Gasteiger partial charge in [-0.05, 0) is 25.7 Å². The van der Waals surface area contributed by atoms with Gasteiger partial charge in [-0.3, -0.25) is 0 Å². The lowest BCUT2D eigenvalue weighted by atomic mass is 10.0. The summed E-state index contributed by atoms with van der Waals surface area (Å²) in [6.45, 7) is 4.88. The number of hydrogen-bond donors (Lipinski definition) is 0. The quantitative estimate of drug-likeness (QED) is 0.449. The van der Waals surface area contributed by atoms with Gasteiger partial charge in [0.25, 0.3) is 0 Å². The molecule has 0 spiro atoms. The van der Waals surface area contributed by atoms with E-state index in [4.69, 9.17) is 4.74 Å². The normalized spacial score (nSPS) is 14.2. The second-order valence-electron chi connectivity index (χ2n) is 3.57. The molecule has 0 rings (SSSR count). The molecule has 0 aromatic rings. The van der Waals surface area contributed by atoms with Crippen molar-refractivity contribution in [1.29, 1.82) is 0 Å². The maximum absolute atomic E-state index is 10.2. The summed E-state index contributed by atoms with van der Waals surface area (Å²) >= 11 is 0. The lowest BCUT2D eigenvalue weighted by molar-refractivity contribution is -0.108. The topological polar surface area (TPSA) is 26.3 Å². The highest BCUT2D eigenvalue weighted by Gasteiger charge is 1.98. The van der Waals surface area contributed by atoms with Crippen molar-refractivity contribution < 1.29 is 9.53 Å². The van der Waals surface area contributed by atoms with Crippen LogP contribution in [-0.4, -0.2) is 20.0 Å². The zero-order chi connectivity index (χ0) is 10.1. The van der Waals surface area contributed by atoms with Crippen molar-refractivity contribution >= 4 is 6.29 Å². The highest BCUT2D eigenvalue weighted by atomic mass is 16.5. The third kappa shape index (κ3) is 7.72. The Bertz CT molecular complexity index is 161. The van der Waals surface area contributed by atoms with Crippen molar-refractivity contribution in [2.24, 2.45) is 5.92 Å². The van der Waals surface area contributed by atoms with Gasteiger partial charge >= 0.3 is 0 Å². The van der Waals surface area contributed by atoms with Gasteiger partial charge in [-0.2, -0.15) is 0 Å². The number of allylic oxidation sites excluding steroid dienone is 1. The Morgan fingerprint density at radius 1 is 1.54 bits per heavy atom. The molecule has 0 aromatic heterocycles. The van der Waals surface area contributed by atoms with Crippen molar-refractivity contribution in [2.45, 2.75) is 33.1 Å². The molecule has 0 aliphatic rings. The van der Waals surface area contributed by atoms with E-state index in [1.807, 2.05) is 0 Å². The van der Waals surface area contributed by atoms with Crippen molar-refractivity contribution in [2.75, 3.05) is 13.7 Å². The van der Waals surface area contributed by atoms with Crippen molar-refractivity contribution in [3.8, 4) is 0 Å². The van der Waals surface area contributed by atoms with Crippen LogP contribution in [0.4, 0.5) is 0 Å². The first-order valence-corrected chi connectivity index (χ1v) is 4.79. The highest BCUT2D eigenvalue weighted by Crippen LogP contribution is 2.10. The van der Waals surface area contributed by atoms with Gasteiger partial charge in [0.1, 0.15) is 6.29 Å². The van der Waals surface area contributed by atoms with Crippen LogP contribution in [0.1, 0.15) is 33.1 Å². The zero-order valence-electron chi connectivity index (χ0n) is 8.88. The van der Waals surface area contributed by atoms with Gasteiger partial charge in [0.15, 0.2) is 0 Å². The van der Waals surface area contributed by atoms with Crippen LogP contribution >= 0.6 is 0 Å². The fourth-order valence-corrected chi connectivity index (χ4v) is 1.18. The fraction of sp³-hybridized carbons (Fsp3) is 0.727. The van der Waals surface area contributed by atoms with Gasteiger partial charge in [0.2, 0.25) is 0 Å². The van der Waals surface area contributed by atoms with Gasteiger partial charge < -0.3 is 9.53 Å². The second kappa shape index (κ2) is 7.99. The summed E-state index contributed by atoms with van der Waals surface area (Å²) in [6.07, 6.45) is 5.99. The third-order valence-corrected chi connectivity index (χ3v) is 2.02. The van der Waals surface area contributed by atoms with Gasteiger partial charge in [-0.1, -0.05) is 18.6 Å². The molecule has 1 atom stereocenters. The molecule has 0 aromatic carbocycles. The summed E-state index contributed by atoms with van der Waals surface area (Å²) in [7, 11) is 1.70. The predicted octanol–water partition coefficient (Wildman–Crippen LogP) is 2.58. The maximum atomic E-state index is 10.2. The highest BCUT2D eigenvalue weighted by molar-refractivity contribution is 5.49. The first kappa shape index (κ1) is 12.4. The summed E-state index contributed by atoms with van der Waals surface area (Å²) in [5, 5.41) is 0. The van der Waals surface area contributed by atoms with Crippen LogP contribution in [0.15, 0.2) is 11.6 Å². The fourth-order valence-electron chi connectivity index (χ4n) is 1.18. The number of ether oxygens (including phenoxy) is 1. The molecule has 0 amide bonds. The van der Waals surface area contributed by atoms with Gasteiger partial charge in [0, 0.05) is 13.5 Å². The van der Waals surface area contributed by atoms with Gasteiger partial charge in [-0.25, -0.2) is 0 Å². The Morgan fingerprint density at radius 3 is 2.77 bits per heavy atom. The molecule has 0 fully saturated rings. The van der Waals surface area contributed by atoms with Crippen LogP contribution in [0.25, 0.3) is 0 Å². The Balaban J connectivity index is 3.52.